The third kappa shape index (κ3) is 8.06. The van der Waals surface area contributed by atoms with Crippen LogP contribution >= 0.6 is 0 Å². The highest BCUT2D eigenvalue weighted by molar-refractivity contribution is 5.94. The van der Waals surface area contributed by atoms with Crippen molar-refractivity contribution in [2.24, 2.45) is 21.8 Å². The molecule has 0 spiro atoms. The number of guanidine groups is 1. The van der Waals surface area contributed by atoms with E-state index in [0.29, 0.717) is 31.5 Å². The zero-order valence-electron chi connectivity index (χ0n) is 31.6. The van der Waals surface area contributed by atoms with Crippen LogP contribution in [0.25, 0.3) is 33.6 Å². The van der Waals surface area contributed by atoms with Gasteiger partial charge in [0.2, 0.25) is 11.9 Å². The topological polar surface area (TPSA) is 144 Å². The highest BCUT2D eigenvalue weighted by atomic mass is 16.6. The van der Waals surface area contributed by atoms with Gasteiger partial charge in [-0.2, -0.15) is 0 Å². The van der Waals surface area contributed by atoms with Crippen LogP contribution in [0.15, 0.2) is 70.9 Å². The quantitative estimate of drug-likeness (QED) is 0.172. The number of aromatic amines is 2. The minimum absolute atomic E-state index is 0.0546. The van der Waals surface area contributed by atoms with Crippen LogP contribution < -0.4 is 5.32 Å². The average Bonchev–Trinajstić information content (AvgIpc) is 3.97. The number of amides is 2. The third-order valence-corrected chi connectivity index (χ3v) is 10.2. The van der Waals surface area contributed by atoms with Gasteiger partial charge in [0.1, 0.15) is 23.3 Å². The van der Waals surface area contributed by atoms with Gasteiger partial charge in [0, 0.05) is 25.2 Å². The van der Waals surface area contributed by atoms with E-state index in [1.807, 2.05) is 44.3 Å². The summed E-state index contributed by atoms with van der Waals surface area (Å²) in [6.07, 6.45) is 8.85. The van der Waals surface area contributed by atoms with Crippen molar-refractivity contribution in [3.8, 4) is 33.6 Å². The number of rotatable bonds is 8. The third-order valence-electron chi connectivity index (χ3n) is 10.2. The summed E-state index contributed by atoms with van der Waals surface area (Å²) in [5.74, 6) is 2.55. The highest BCUT2D eigenvalue weighted by Crippen LogP contribution is 2.35. The molecule has 0 aliphatic carbocycles. The zero-order chi connectivity index (χ0) is 37.3. The normalized spacial score (nSPS) is 20.9. The second kappa shape index (κ2) is 15.0. The van der Waals surface area contributed by atoms with Crippen LogP contribution in [0.1, 0.15) is 91.0 Å². The van der Waals surface area contributed by atoms with Crippen molar-refractivity contribution in [3.05, 3.63) is 72.6 Å². The molecule has 5 heterocycles. The molecule has 2 aromatic carbocycles. The Labute approximate surface area is 311 Å². The van der Waals surface area contributed by atoms with E-state index < -0.39 is 11.6 Å². The number of carbonyl (C=O) groups excluding carboxylic acids is 2. The van der Waals surface area contributed by atoms with Crippen molar-refractivity contribution in [1.82, 2.24) is 35.1 Å². The number of H-pyrrole nitrogens is 2. The van der Waals surface area contributed by atoms with Crippen LogP contribution in [0, 0.1) is 11.8 Å². The summed E-state index contributed by atoms with van der Waals surface area (Å²) >= 11 is 0. The molecule has 0 radical (unpaired) electrons. The number of carbonyl (C=O) groups is 2. The molecule has 3 aliphatic heterocycles. The number of imidazole rings is 2. The van der Waals surface area contributed by atoms with E-state index >= 15 is 0 Å². The van der Waals surface area contributed by atoms with Crippen LogP contribution in [-0.2, 0) is 9.53 Å². The molecular formula is C41H51N9O3. The molecule has 0 bridgehead atoms. The Morgan fingerprint density at radius 1 is 0.811 bits per heavy atom. The minimum Gasteiger partial charge on any atom is -0.444 e. The molecule has 2 amide bonds. The van der Waals surface area contributed by atoms with Crippen molar-refractivity contribution < 1.29 is 14.3 Å². The lowest BCUT2D eigenvalue weighted by Gasteiger charge is -2.31. The van der Waals surface area contributed by atoms with E-state index in [2.05, 4.69) is 99.6 Å². The molecule has 2 saturated heterocycles. The average molecular weight is 718 g/mol. The van der Waals surface area contributed by atoms with Crippen molar-refractivity contribution in [1.29, 1.82) is 0 Å². The second-order valence-corrected chi connectivity index (χ2v) is 15.8. The predicted octanol–water partition coefficient (Wildman–Crippen LogP) is 7.56. The second-order valence-electron chi connectivity index (χ2n) is 15.8. The van der Waals surface area contributed by atoms with Crippen LogP contribution in [0.2, 0.25) is 0 Å². The minimum atomic E-state index is -0.542. The van der Waals surface area contributed by atoms with Crippen molar-refractivity contribution in [2.75, 3.05) is 19.6 Å². The Hall–Kier alpha value is -5.26. The van der Waals surface area contributed by atoms with Crippen molar-refractivity contribution >= 4 is 24.2 Å². The SMILES string of the molecule is CC1C=NC(N[C@H](C(=O)N2CCC[C@H]2c2ncc(-c3ccc(-c4ccc(-c5cnc([C@@H]6CCCN6C(=O)OC(C)(C)C)[nH]5)cc4)cc3)[nH]2)C(C)C)=NC1. The van der Waals surface area contributed by atoms with Crippen molar-refractivity contribution in [3.63, 3.8) is 0 Å². The largest absolute Gasteiger partial charge is 0.444 e. The number of aromatic nitrogens is 4. The monoisotopic (exact) mass is 717 g/mol. The lowest BCUT2D eigenvalue weighted by atomic mass is 10.0. The molecule has 3 aliphatic rings. The van der Waals surface area contributed by atoms with E-state index in [1.165, 1.54) is 0 Å². The van der Waals surface area contributed by atoms with Gasteiger partial charge in [0.15, 0.2) is 0 Å². The first-order valence-electron chi connectivity index (χ1n) is 18.9. The smallest absolute Gasteiger partial charge is 0.410 e. The summed E-state index contributed by atoms with van der Waals surface area (Å²) in [5, 5.41) is 3.32. The van der Waals surface area contributed by atoms with E-state index in [4.69, 9.17) is 9.72 Å². The summed E-state index contributed by atoms with van der Waals surface area (Å²) in [7, 11) is 0. The molecule has 12 heteroatoms. The van der Waals surface area contributed by atoms with E-state index in [0.717, 1.165) is 71.0 Å². The molecule has 53 heavy (non-hydrogen) atoms. The Bertz CT molecular complexity index is 1970. The van der Waals surface area contributed by atoms with Gasteiger partial charge < -0.3 is 24.9 Å². The fraction of sp³-hybridized carbons (Fsp3) is 0.463. The van der Waals surface area contributed by atoms with Gasteiger partial charge in [0.25, 0.3) is 0 Å². The standard InChI is InChI=1S/C41H51N9O3/c1-25(2)35(48-39-44-21-26(3)22-45-39)38(51)49-19-7-9-33(49)36-42-23-31(46-36)29-15-11-27(12-16-29)28-13-17-30(18-14-28)32-24-43-37(47-32)34-10-8-20-50(34)40(52)53-41(4,5)6/h11-18,21,23-26,33-35H,7-10,19-20,22H2,1-6H3,(H,42,46)(H,43,47)(H,45,48)/t26?,33-,34-,35-/m0/s1. The maximum absolute atomic E-state index is 13.9. The van der Waals surface area contributed by atoms with Gasteiger partial charge in [-0.1, -0.05) is 69.3 Å². The molecule has 2 aromatic heterocycles. The summed E-state index contributed by atoms with van der Waals surface area (Å²) in [5.41, 5.74) is 5.55. The van der Waals surface area contributed by atoms with Crippen molar-refractivity contribution in [2.45, 2.75) is 91.0 Å². The Morgan fingerprint density at radius 3 is 1.81 bits per heavy atom. The van der Waals surface area contributed by atoms with Crippen LogP contribution in [-0.4, -0.2) is 85.2 Å². The highest BCUT2D eigenvalue weighted by Gasteiger charge is 2.38. The number of nitrogens with one attached hydrogen (secondary N) is 3. The van der Waals surface area contributed by atoms with E-state index in [-0.39, 0.29) is 30.0 Å². The first kappa shape index (κ1) is 36.1. The number of hydrogen-bond donors (Lipinski definition) is 3. The molecule has 2 fully saturated rings. The summed E-state index contributed by atoms with van der Waals surface area (Å²) in [6.45, 7) is 13.9. The molecule has 1 unspecified atom stereocenters. The lowest BCUT2D eigenvalue weighted by molar-refractivity contribution is -0.135. The van der Waals surface area contributed by atoms with Gasteiger partial charge >= 0.3 is 6.09 Å². The van der Waals surface area contributed by atoms with E-state index in [9.17, 15) is 9.59 Å². The molecule has 7 rings (SSSR count). The Kier molecular flexibility index (Phi) is 10.2. The summed E-state index contributed by atoms with van der Waals surface area (Å²) < 4.78 is 5.64. The molecule has 0 saturated carbocycles. The fourth-order valence-electron chi connectivity index (χ4n) is 7.33. The number of ether oxygens (including phenoxy) is 1. The first-order chi connectivity index (χ1) is 25.4. The van der Waals surface area contributed by atoms with Gasteiger partial charge in [-0.3, -0.25) is 14.7 Å². The number of nitrogens with zero attached hydrogens (tertiary/aromatic N) is 6. The summed E-state index contributed by atoms with van der Waals surface area (Å²) in [6, 6.07) is 16.2. The molecule has 4 aromatic rings. The molecule has 12 nitrogen and oxygen atoms in total. The van der Waals surface area contributed by atoms with E-state index in [1.54, 1.807) is 4.90 Å². The number of hydrogen-bond acceptors (Lipinski definition) is 8. The van der Waals surface area contributed by atoms with Gasteiger partial charge in [0.05, 0.1) is 42.4 Å². The molecular weight excluding hydrogens is 667 g/mol. The fourth-order valence-corrected chi connectivity index (χ4v) is 7.33. The van der Waals surface area contributed by atoms with Crippen LogP contribution in [0.5, 0.6) is 0 Å². The first-order valence-corrected chi connectivity index (χ1v) is 18.9. The number of aliphatic imine (C=N–C) groups is 2. The predicted molar refractivity (Wildman–Crippen MR) is 207 cm³/mol. The Morgan fingerprint density at radius 2 is 1.32 bits per heavy atom. The number of likely N-dealkylation sites (tertiary alicyclic amines) is 2. The van der Waals surface area contributed by atoms with Gasteiger partial charge in [-0.25, -0.2) is 19.8 Å². The zero-order valence-corrected chi connectivity index (χ0v) is 31.6. The lowest BCUT2D eigenvalue weighted by Crippen LogP contribution is -2.51. The molecule has 4 atom stereocenters. The van der Waals surface area contributed by atoms with Crippen LogP contribution in [0.3, 0.4) is 0 Å². The molecule has 3 N–H and O–H groups in total. The van der Waals surface area contributed by atoms with Crippen LogP contribution in [0.4, 0.5) is 4.79 Å². The number of benzene rings is 2. The molecule has 278 valence electrons. The van der Waals surface area contributed by atoms with Gasteiger partial charge in [-0.15, -0.1) is 0 Å². The maximum atomic E-state index is 13.9. The summed E-state index contributed by atoms with van der Waals surface area (Å²) in [4.78, 5) is 55.8. The van der Waals surface area contributed by atoms with Gasteiger partial charge in [-0.05, 0) is 74.6 Å². The maximum Gasteiger partial charge on any atom is 0.410 e. The Balaban J connectivity index is 0.994.